The Morgan fingerprint density at radius 1 is 1.40 bits per heavy atom. The van der Waals surface area contributed by atoms with Crippen LogP contribution in [0.5, 0.6) is 0 Å². The summed E-state index contributed by atoms with van der Waals surface area (Å²) in [5, 5.41) is 4.29. The standard InChI is InChI=1S/C9H14N/c1-2-3-4-9-5-7-10-8-6-9/h9H,4-8H2,1H3. The number of nitrogens with zero attached hydrogens (tertiary/aromatic N) is 1. The summed E-state index contributed by atoms with van der Waals surface area (Å²) in [7, 11) is 0. The summed E-state index contributed by atoms with van der Waals surface area (Å²) in [5.74, 6) is 6.90. The van der Waals surface area contributed by atoms with Crippen LogP contribution in [-0.2, 0) is 0 Å². The van der Waals surface area contributed by atoms with Crippen LogP contribution in [0.2, 0.25) is 0 Å². The van der Waals surface area contributed by atoms with Crippen LogP contribution in [-0.4, -0.2) is 13.1 Å². The van der Waals surface area contributed by atoms with Gasteiger partial charge in [-0.05, 0) is 25.7 Å². The number of hydrogen-bond donors (Lipinski definition) is 0. The molecule has 0 N–H and O–H groups in total. The lowest BCUT2D eigenvalue weighted by molar-refractivity contribution is 0.376. The van der Waals surface area contributed by atoms with Crippen molar-refractivity contribution in [2.45, 2.75) is 26.2 Å². The van der Waals surface area contributed by atoms with Gasteiger partial charge < -0.3 is 0 Å². The van der Waals surface area contributed by atoms with E-state index in [9.17, 15) is 0 Å². The highest BCUT2D eigenvalue weighted by molar-refractivity contribution is 4.96. The lowest BCUT2D eigenvalue weighted by atomic mass is 9.95. The topological polar surface area (TPSA) is 14.1 Å². The van der Waals surface area contributed by atoms with E-state index < -0.39 is 0 Å². The van der Waals surface area contributed by atoms with Gasteiger partial charge in [-0.15, -0.1) is 11.8 Å². The van der Waals surface area contributed by atoms with E-state index in [1.165, 1.54) is 12.8 Å². The van der Waals surface area contributed by atoms with Crippen molar-refractivity contribution in [1.82, 2.24) is 5.32 Å². The van der Waals surface area contributed by atoms with E-state index in [0.29, 0.717) is 0 Å². The highest BCUT2D eigenvalue weighted by Crippen LogP contribution is 2.15. The first-order chi connectivity index (χ1) is 4.93. The normalized spacial score (nSPS) is 19.7. The molecule has 0 aromatic heterocycles. The summed E-state index contributed by atoms with van der Waals surface area (Å²) in [6, 6.07) is 0. The molecule has 1 rings (SSSR count). The van der Waals surface area contributed by atoms with E-state index in [-0.39, 0.29) is 0 Å². The third-order valence-corrected chi connectivity index (χ3v) is 1.96. The quantitative estimate of drug-likeness (QED) is 0.484. The summed E-state index contributed by atoms with van der Waals surface area (Å²) in [6.45, 7) is 4.04. The van der Waals surface area contributed by atoms with E-state index >= 15 is 0 Å². The Balaban J connectivity index is 2.17. The zero-order valence-corrected chi connectivity index (χ0v) is 6.56. The zero-order valence-electron chi connectivity index (χ0n) is 6.56. The van der Waals surface area contributed by atoms with E-state index in [4.69, 9.17) is 0 Å². The van der Waals surface area contributed by atoms with Crippen LogP contribution < -0.4 is 5.32 Å². The molecule has 1 nitrogen and oxygen atoms in total. The molecule has 1 saturated heterocycles. The molecule has 1 radical (unpaired) electrons. The van der Waals surface area contributed by atoms with Gasteiger partial charge in [-0.1, -0.05) is 0 Å². The summed E-state index contributed by atoms with van der Waals surface area (Å²) >= 11 is 0. The SMILES string of the molecule is CC#CCC1CC[N]CC1. The Bertz CT molecular complexity index is 135. The maximum Gasteiger partial charge on any atom is 0.0136 e. The van der Waals surface area contributed by atoms with Gasteiger partial charge in [0.25, 0.3) is 0 Å². The molecule has 0 spiro atoms. The molecular weight excluding hydrogens is 122 g/mol. The third-order valence-electron chi connectivity index (χ3n) is 1.96. The molecule has 0 unspecified atom stereocenters. The van der Waals surface area contributed by atoms with Crippen LogP contribution in [0.15, 0.2) is 0 Å². The molecule has 0 amide bonds. The molecule has 0 aliphatic carbocycles. The minimum absolute atomic E-state index is 0.838. The number of hydrogen-bond acceptors (Lipinski definition) is 0. The van der Waals surface area contributed by atoms with Gasteiger partial charge >= 0.3 is 0 Å². The Morgan fingerprint density at radius 3 is 2.70 bits per heavy atom. The molecule has 0 atom stereocenters. The van der Waals surface area contributed by atoms with Crippen molar-refractivity contribution in [2.75, 3.05) is 13.1 Å². The highest BCUT2D eigenvalue weighted by Gasteiger charge is 2.11. The average molecular weight is 136 g/mol. The summed E-state index contributed by atoms with van der Waals surface area (Å²) in [4.78, 5) is 0. The summed E-state index contributed by atoms with van der Waals surface area (Å²) < 4.78 is 0. The monoisotopic (exact) mass is 136 g/mol. The smallest absolute Gasteiger partial charge is 0.0136 e. The van der Waals surface area contributed by atoms with Gasteiger partial charge in [-0.3, -0.25) is 0 Å². The van der Waals surface area contributed by atoms with Crippen LogP contribution in [0.25, 0.3) is 0 Å². The van der Waals surface area contributed by atoms with Gasteiger partial charge in [-0.25, -0.2) is 5.32 Å². The molecule has 1 fully saturated rings. The summed E-state index contributed by atoms with van der Waals surface area (Å²) in [6.07, 6.45) is 3.61. The van der Waals surface area contributed by atoms with Crippen molar-refractivity contribution in [3.63, 3.8) is 0 Å². The molecular formula is C9H14N. The predicted molar refractivity (Wildman–Crippen MR) is 42.7 cm³/mol. The molecule has 1 aliphatic rings. The average Bonchev–Trinajstić information content (AvgIpc) is 2.03. The second-order valence-electron chi connectivity index (χ2n) is 2.75. The van der Waals surface area contributed by atoms with Crippen molar-refractivity contribution >= 4 is 0 Å². The fourth-order valence-electron chi connectivity index (χ4n) is 1.25. The zero-order chi connectivity index (χ0) is 7.23. The lowest BCUT2D eigenvalue weighted by Gasteiger charge is -2.18. The van der Waals surface area contributed by atoms with Crippen molar-refractivity contribution in [2.24, 2.45) is 5.92 Å². The van der Waals surface area contributed by atoms with Gasteiger partial charge in [0, 0.05) is 19.5 Å². The van der Waals surface area contributed by atoms with Gasteiger partial charge in [0.05, 0.1) is 0 Å². The predicted octanol–water partition coefficient (Wildman–Crippen LogP) is 1.41. The van der Waals surface area contributed by atoms with Crippen molar-refractivity contribution < 1.29 is 0 Å². The molecule has 55 valence electrons. The Kier molecular flexibility index (Phi) is 3.32. The highest BCUT2D eigenvalue weighted by atomic mass is 14.9. The van der Waals surface area contributed by atoms with Crippen molar-refractivity contribution in [3.05, 3.63) is 0 Å². The molecule has 0 aromatic rings. The van der Waals surface area contributed by atoms with E-state index in [1.54, 1.807) is 0 Å². The van der Waals surface area contributed by atoms with E-state index in [2.05, 4.69) is 17.2 Å². The first kappa shape index (κ1) is 7.63. The van der Waals surface area contributed by atoms with E-state index in [0.717, 1.165) is 25.4 Å². The fourth-order valence-corrected chi connectivity index (χ4v) is 1.25. The first-order valence-corrected chi connectivity index (χ1v) is 3.96. The van der Waals surface area contributed by atoms with Crippen LogP contribution in [0.1, 0.15) is 26.2 Å². The van der Waals surface area contributed by atoms with Crippen molar-refractivity contribution in [1.29, 1.82) is 0 Å². The second kappa shape index (κ2) is 4.35. The first-order valence-electron chi connectivity index (χ1n) is 3.96. The largest absolute Gasteiger partial charge is 0.242 e. The number of rotatable bonds is 1. The lowest BCUT2D eigenvalue weighted by Crippen LogP contribution is -2.21. The Morgan fingerprint density at radius 2 is 2.10 bits per heavy atom. The Hall–Kier alpha value is -0.480. The maximum absolute atomic E-state index is 4.29. The second-order valence-corrected chi connectivity index (χ2v) is 2.75. The molecule has 0 saturated carbocycles. The maximum atomic E-state index is 4.29. The molecule has 1 heteroatoms. The Labute approximate surface area is 63.2 Å². The van der Waals surface area contributed by atoms with Crippen LogP contribution in [0, 0.1) is 17.8 Å². The summed E-state index contributed by atoms with van der Waals surface area (Å²) in [5.41, 5.74) is 0. The van der Waals surface area contributed by atoms with Crippen LogP contribution in [0.4, 0.5) is 0 Å². The van der Waals surface area contributed by atoms with Crippen LogP contribution >= 0.6 is 0 Å². The molecule has 1 aliphatic heterocycles. The molecule has 10 heavy (non-hydrogen) atoms. The van der Waals surface area contributed by atoms with Crippen molar-refractivity contribution in [3.8, 4) is 11.8 Å². The van der Waals surface area contributed by atoms with Gasteiger partial charge in [0.15, 0.2) is 0 Å². The number of piperidine rings is 1. The minimum Gasteiger partial charge on any atom is -0.242 e. The van der Waals surface area contributed by atoms with Gasteiger partial charge in [-0.2, -0.15) is 0 Å². The molecule has 1 heterocycles. The molecule has 0 aromatic carbocycles. The fraction of sp³-hybridized carbons (Fsp3) is 0.778. The third kappa shape index (κ3) is 2.41. The van der Waals surface area contributed by atoms with Crippen LogP contribution in [0.3, 0.4) is 0 Å². The minimum atomic E-state index is 0.838. The molecule has 0 bridgehead atoms. The van der Waals surface area contributed by atoms with Gasteiger partial charge in [0.2, 0.25) is 0 Å². The van der Waals surface area contributed by atoms with E-state index in [1.807, 2.05) is 6.92 Å². The van der Waals surface area contributed by atoms with Gasteiger partial charge in [0.1, 0.15) is 0 Å².